The maximum Gasteiger partial charge on any atom is 0.226 e. The van der Waals surface area contributed by atoms with Crippen LogP contribution < -0.4 is 15.6 Å². The van der Waals surface area contributed by atoms with Gasteiger partial charge in [-0.25, -0.2) is 0 Å². The first kappa shape index (κ1) is 6.97. The summed E-state index contributed by atoms with van der Waals surface area (Å²) in [5, 5.41) is 10.1. The Hall–Kier alpha value is -1.71. The fourth-order valence-corrected chi connectivity index (χ4v) is 1.10. The standard InChI is InChI=1S/C8H9N3O/c1-5-2-3-7-6(4-5)10-8(9)11-12-7/h2-4H,1H3,(H3,9,10,11). The van der Waals surface area contributed by atoms with Crippen LogP contribution in [0, 0.1) is 12.3 Å². The van der Waals surface area contributed by atoms with Crippen molar-refractivity contribution in [3.05, 3.63) is 23.8 Å². The second kappa shape index (κ2) is 2.41. The van der Waals surface area contributed by atoms with Crippen LogP contribution in [0.15, 0.2) is 18.2 Å². The number of fused-ring (bicyclic) bond motifs is 1. The molecule has 3 N–H and O–H groups in total. The minimum Gasteiger partial charge on any atom is -0.377 e. The Morgan fingerprint density at radius 3 is 3.08 bits per heavy atom. The quantitative estimate of drug-likeness (QED) is 0.539. The Kier molecular flexibility index (Phi) is 1.40. The van der Waals surface area contributed by atoms with Crippen LogP contribution in [0.5, 0.6) is 5.75 Å². The highest BCUT2D eigenvalue weighted by Gasteiger charge is 2.11. The van der Waals surface area contributed by atoms with Gasteiger partial charge in [0.25, 0.3) is 0 Å². The summed E-state index contributed by atoms with van der Waals surface area (Å²) in [5.41, 5.74) is 4.40. The third-order valence-electron chi connectivity index (χ3n) is 1.66. The summed E-state index contributed by atoms with van der Waals surface area (Å²) in [6, 6.07) is 5.75. The molecule has 1 aromatic rings. The lowest BCUT2D eigenvalue weighted by Crippen LogP contribution is -2.36. The van der Waals surface area contributed by atoms with E-state index in [9.17, 15) is 0 Å². The van der Waals surface area contributed by atoms with Crippen LogP contribution in [0.4, 0.5) is 5.69 Å². The van der Waals surface area contributed by atoms with Crippen molar-refractivity contribution in [3.8, 4) is 5.75 Å². The molecule has 0 atom stereocenters. The number of hydrogen-bond donors (Lipinski definition) is 3. The van der Waals surface area contributed by atoms with Crippen molar-refractivity contribution in [2.45, 2.75) is 6.92 Å². The SMILES string of the molecule is Cc1ccc2c(c1)NC(=N)NO2. The summed E-state index contributed by atoms with van der Waals surface area (Å²) in [5.74, 6) is 0.879. The lowest BCUT2D eigenvalue weighted by atomic mass is 10.2. The Morgan fingerprint density at radius 2 is 2.25 bits per heavy atom. The molecule has 0 bridgehead atoms. The normalized spacial score (nSPS) is 13.9. The largest absolute Gasteiger partial charge is 0.377 e. The molecule has 2 rings (SSSR count). The van der Waals surface area contributed by atoms with E-state index in [-0.39, 0.29) is 5.96 Å². The minimum absolute atomic E-state index is 0.160. The van der Waals surface area contributed by atoms with Gasteiger partial charge in [0.1, 0.15) is 0 Å². The van der Waals surface area contributed by atoms with Gasteiger partial charge in [-0.3, -0.25) is 5.41 Å². The second-order valence-corrected chi connectivity index (χ2v) is 2.70. The van der Waals surface area contributed by atoms with E-state index in [1.54, 1.807) is 0 Å². The van der Waals surface area contributed by atoms with Crippen LogP contribution in [-0.4, -0.2) is 5.96 Å². The fourth-order valence-electron chi connectivity index (χ4n) is 1.10. The summed E-state index contributed by atoms with van der Waals surface area (Å²) >= 11 is 0. The summed E-state index contributed by atoms with van der Waals surface area (Å²) in [4.78, 5) is 5.05. The van der Waals surface area contributed by atoms with Gasteiger partial charge < -0.3 is 10.2 Å². The predicted octanol–water partition coefficient (Wildman–Crippen LogP) is 1.24. The topological polar surface area (TPSA) is 57.1 Å². The molecule has 1 heterocycles. The van der Waals surface area contributed by atoms with Crippen molar-refractivity contribution in [1.82, 2.24) is 5.48 Å². The summed E-state index contributed by atoms with van der Waals surface area (Å²) < 4.78 is 0. The van der Waals surface area contributed by atoms with Gasteiger partial charge >= 0.3 is 0 Å². The van der Waals surface area contributed by atoms with Crippen molar-refractivity contribution in [1.29, 1.82) is 5.41 Å². The minimum atomic E-state index is 0.160. The molecule has 0 spiro atoms. The molecule has 62 valence electrons. The number of anilines is 1. The van der Waals surface area contributed by atoms with Crippen LogP contribution >= 0.6 is 0 Å². The van der Waals surface area contributed by atoms with Gasteiger partial charge in [-0.05, 0) is 24.6 Å². The summed E-state index contributed by atoms with van der Waals surface area (Å²) in [7, 11) is 0. The molecule has 0 aromatic heterocycles. The number of hydrogen-bond acceptors (Lipinski definition) is 2. The molecule has 0 unspecified atom stereocenters. The van der Waals surface area contributed by atoms with Crippen LogP contribution in [-0.2, 0) is 0 Å². The van der Waals surface area contributed by atoms with E-state index in [2.05, 4.69) is 10.8 Å². The maximum absolute atomic E-state index is 7.24. The van der Waals surface area contributed by atoms with E-state index in [0.717, 1.165) is 17.0 Å². The Balaban J connectivity index is 2.44. The zero-order chi connectivity index (χ0) is 8.55. The van der Waals surface area contributed by atoms with Crippen LogP contribution in [0.2, 0.25) is 0 Å². The number of guanidine groups is 1. The summed E-state index contributed by atoms with van der Waals surface area (Å²) in [6.45, 7) is 1.99. The Labute approximate surface area is 70.0 Å². The molecule has 0 fully saturated rings. The first-order chi connectivity index (χ1) is 5.75. The number of hydroxylamine groups is 1. The predicted molar refractivity (Wildman–Crippen MR) is 46.3 cm³/mol. The lowest BCUT2D eigenvalue weighted by molar-refractivity contribution is 0.257. The molecule has 1 aromatic carbocycles. The molecule has 0 aliphatic carbocycles. The van der Waals surface area contributed by atoms with Gasteiger partial charge in [0.05, 0.1) is 5.69 Å². The highest BCUT2D eigenvalue weighted by Crippen LogP contribution is 2.26. The number of aryl methyl sites for hydroxylation is 1. The van der Waals surface area contributed by atoms with Crippen molar-refractivity contribution in [2.75, 3.05) is 5.32 Å². The monoisotopic (exact) mass is 163 g/mol. The Bertz CT molecular complexity index is 335. The third-order valence-corrected chi connectivity index (χ3v) is 1.66. The zero-order valence-corrected chi connectivity index (χ0v) is 6.64. The third kappa shape index (κ3) is 1.07. The van der Waals surface area contributed by atoms with Gasteiger partial charge in [0.2, 0.25) is 5.96 Å². The van der Waals surface area contributed by atoms with Crippen molar-refractivity contribution >= 4 is 11.6 Å². The molecule has 0 saturated heterocycles. The van der Waals surface area contributed by atoms with Gasteiger partial charge in [-0.2, -0.15) is 5.48 Å². The highest BCUT2D eigenvalue weighted by atomic mass is 16.7. The molecule has 0 amide bonds. The van der Waals surface area contributed by atoms with E-state index in [1.807, 2.05) is 25.1 Å². The molecular weight excluding hydrogens is 154 g/mol. The van der Waals surface area contributed by atoms with E-state index in [1.165, 1.54) is 0 Å². The van der Waals surface area contributed by atoms with Gasteiger partial charge in [0, 0.05) is 0 Å². The molecule has 12 heavy (non-hydrogen) atoms. The lowest BCUT2D eigenvalue weighted by Gasteiger charge is -2.20. The van der Waals surface area contributed by atoms with E-state index >= 15 is 0 Å². The molecule has 4 heteroatoms. The van der Waals surface area contributed by atoms with E-state index in [0.29, 0.717) is 0 Å². The molecule has 4 nitrogen and oxygen atoms in total. The van der Waals surface area contributed by atoms with Crippen LogP contribution in [0.1, 0.15) is 5.56 Å². The zero-order valence-electron chi connectivity index (χ0n) is 6.64. The molecular formula is C8H9N3O. The maximum atomic E-state index is 7.24. The summed E-state index contributed by atoms with van der Waals surface area (Å²) in [6.07, 6.45) is 0. The smallest absolute Gasteiger partial charge is 0.226 e. The fraction of sp³-hybridized carbons (Fsp3) is 0.125. The molecule has 0 radical (unpaired) electrons. The van der Waals surface area contributed by atoms with Gasteiger partial charge in [0.15, 0.2) is 5.75 Å². The number of benzene rings is 1. The van der Waals surface area contributed by atoms with E-state index in [4.69, 9.17) is 10.2 Å². The first-order valence-electron chi connectivity index (χ1n) is 3.65. The number of nitrogens with one attached hydrogen (secondary N) is 3. The first-order valence-corrected chi connectivity index (χ1v) is 3.65. The van der Waals surface area contributed by atoms with Gasteiger partial charge in [-0.15, -0.1) is 0 Å². The second-order valence-electron chi connectivity index (χ2n) is 2.70. The average molecular weight is 163 g/mol. The molecule has 1 aliphatic heterocycles. The Morgan fingerprint density at radius 1 is 1.42 bits per heavy atom. The molecule has 0 saturated carbocycles. The highest BCUT2D eigenvalue weighted by molar-refractivity contribution is 5.93. The number of rotatable bonds is 0. The molecule has 1 aliphatic rings. The van der Waals surface area contributed by atoms with Crippen LogP contribution in [0.3, 0.4) is 0 Å². The van der Waals surface area contributed by atoms with Crippen molar-refractivity contribution in [2.24, 2.45) is 0 Å². The van der Waals surface area contributed by atoms with Gasteiger partial charge in [-0.1, -0.05) is 6.07 Å². The van der Waals surface area contributed by atoms with E-state index < -0.39 is 0 Å². The van der Waals surface area contributed by atoms with Crippen molar-refractivity contribution in [3.63, 3.8) is 0 Å². The van der Waals surface area contributed by atoms with Crippen molar-refractivity contribution < 1.29 is 4.84 Å². The average Bonchev–Trinajstić information content (AvgIpc) is 2.03. The van der Waals surface area contributed by atoms with Crippen LogP contribution in [0.25, 0.3) is 0 Å².